The molecule has 1 aliphatic carbocycles. The fourth-order valence-corrected chi connectivity index (χ4v) is 2.61. The zero-order valence-electron chi connectivity index (χ0n) is 10.8. The molecule has 0 atom stereocenters. The third-order valence-electron chi connectivity index (χ3n) is 3.62. The van der Waals surface area contributed by atoms with Crippen LogP contribution in [0.15, 0.2) is 24.3 Å². The third kappa shape index (κ3) is 3.84. The van der Waals surface area contributed by atoms with E-state index in [9.17, 15) is 4.79 Å². The van der Waals surface area contributed by atoms with E-state index in [4.69, 9.17) is 5.73 Å². The van der Waals surface area contributed by atoms with Crippen LogP contribution in [-0.4, -0.2) is 12.5 Å². The van der Waals surface area contributed by atoms with Crippen molar-refractivity contribution in [2.75, 3.05) is 11.9 Å². The van der Waals surface area contributed by atoms with Crippen LogP contribution in [0.25, 0.3) is 0 Å². The van der Waals surface area contributed by atoms with Crippen molar-refractivity contribution < 1.29 is 4.79 Å². The molecule has 2 rings (SSSR count). The average molecular weight is 246 g/mol. The Morgan fingerprint density at radius 3 is 2.50 bits per heavy atom. The summed E-state index contributed by atoms with van der Waals surface area (Å²) in [7, 11) is 0. The fraction of sp³-hybridized carbons (Fsp3) is 0.533. The molecule has 3 nitrogen and oxygen atoms in total. The van der Waals surface area contributed by atoms with Crippen LogP contribution in [0.2, 0.25) is 0 Å². The van der Waals surface area contributed by atoms with Gasteiger partial charge in [-0.25, -0.2) is 0 Å². The smallest absolute Gasteiger partial charge is 0.224 e. The number of carbonyl (C=O) groups is 1. The lowest BCUT2D eigenvalue weighted by molar-refractivity contribution is -0.117. The van der Waals surface area contributed by atoms with Gasteiger partial charge in [0.15, 0.2) is 0 Å². The Morgan fingerprint density at radius 2 is 1.89 bits per heavy atom. The largest absolute Gasteiger partial charge is 0.330 e. The van der Waals surface area contributed by atoms with E-state index in [2.05, 4.69) is 5.32 Å². The summed E-state index contributed by atoms with van der Waals surface area (Å²) in [5, 5.41) is 2.97. The Kier molecular flexibility index (Phi) is 4.76. The second kappa shape index (κ2) is 6.55. The highest BCUT2D eigenvalue weighted by molar-refractivity contribution is 5.90. The molecule has 1 amide bonds. The van der Waals surface area contributed by atoms with Gasteiger partial charge in [0.1, 0.15) is 0 Å². The van der Waals surface area contributed by atoms with Crippen LogP contribution in [0, 0.1) is 5.92 Å². The average Bonchev–Trinajstić information content (AvgIpc) is 2.84. The lowest BCUT2D eigenvalue weighted by Gasteiger charge is -2.10. The van der Waals surface area contributed by atoms with Gasteiger partial charge in [-0.15, -0.1) is 0 Å². The van der Waals surface area contributed by atoms with Gasteiger partial charge in [-0.05, 0) is 49.4 Å². The number of nitrogens with two attached hydrogens (primary N) is 1. The van der Waals surface area contributed by atoms with Crippen molar-refractivity contribution in [3.05, 3.63) is 29.8 Å². The van der Waals surface area contributed by atoms with Gasteiger partial charge in [-0.3, -0.25) is 4.79 Å². The van der Waals surface area contributed by atoms with Gasteiger partial charge in [0.05, 0.1) is 0 Å². The van der Waals surface area contributed by atoms with Crippen LogP contribution < -0.4 is 11.1 Å². The highest BCUT2D eigenvalue weighted by Gasteiger charge is 2.18. The van der Waals surface area contributed by atoms with Crippen molar-refractivity contribution in [3.63, 3.8) is 0 Å². The molecule has 3 N–H and O–H groups in total. The summed E-state index contributed by atoms with van der Waals surface area (Å²) >= 11 is 0. The minimum Gasteiger partial charge on any atom is -0.330 e. The molecule has 0 spiro atoms. The molecule has 0 unspecified atom stereocenters. The van der Waals surface area contributed by atoms with E-state index in [1.54, 1.807) is 0 Å². The van der Waals surface area contributed by atoms with Crippen molar-refractivity contribution in [1.82, 2.24) is 0 Å². The monoisotopic (exact) mass is 246 g/mol. The van der Waals surface area contributed by atoms with Crippen molar-refractivity contribution in [3.8, 4) is 0 Å². The first-order valence-electron chi connectivity index (χ1n) is 6.87. The number of hydrogen-bond donors (Lipinski definition) is 2. The zero-order chi connectivity index (χ0) is 12.8. The molecule has 1 aliphatic rings. The van der Waals surface area contributed by atoms with E-state index in [-0.39, 0.29) is 5.91 Å². The predicted octanol–water partition coefficient (Wildman–Crippen LogP) is 2.71. The molecular formula is C15H22N2O. The molecule has 0 bridgehead atoms. The number of amides is 1. The predicted molar refractivity (Wildman–Crippen MR) is 74.4 cm³/mol. The van der Waals surface area contributed by atoms with Crippen LogP contribution in [0.3, 0.4) is 0 Å². The molecule has 1 aromatic rings. The van der Waals surface area contributed by atoms with E-state index in [0.29, 0.717) is 18.9 Å². The molecule has 0 aromatic heterocycles. The van der Waals surface area contributed by atoms with Crippen LogP contribution in [-0.2, 0) is 11.2 Å². The second-order valence-corrected chi connectivity index (χ2v) is 5.14. The minimum atomic E-state index is 0.147. The molecule has 18 heavy (non-hydrogen) atoms. The van der Waals surface area contributed by atoms with Gasteiger partial charge in [0.25, 0.3) is 0 Å². The molecule has 0 aliphatic heterocycles. The second-order valence-electron chi connectivity index (χ2n) is 5.14. The third-order valence-corrected chi connectivity index (χ3v) is 3.62. The maximum atomic E-state index is 11.8. The highest BCUT2D eigenvalue weighted by Crippen LogP contribution is 2.27. The molecule has 1 aromatic carbocycles. The number of nitrogens with one attached hydrogen (secondary N) is 1. The summed E-state index contributed by atoms with van der Waals surface area (Å²) in [5.41, 5.74) is 7.60. The number of hydrogen-bond acceptors (Lipinski definition) is 2. The van der Waals surface area contributed by atoms with Crippen molar-refractivity contribution in [2.45, 2.75) is 38.5 Å². The van der Waals surface area contributed by atoms with Gasteiger partial charge in [-0.1, -0.05) is 25.0 Å². The summed E-state index contributed by atoms with van der Waals surface area (Å²) in [6.45, 7) is 0.660. The number of rotatable bonds is 5. The van der Waals surface area contributed by atoms with E-state index in [1.807, 2.05) is 24.3 Å². The standard InChI is InChI=1S/C15H22N2O/c16-10-9-12-5-7-14(8-6-12)17-15(18)11-13-3-1-2-4-13/h5-8,13H,1-4,9-11,16H2,(H,17,18). The highest BCUT2D eigenvalue weighted by atomic mass is 16.1. The first-order chi connectivity index (χ1) is 8.78. The first kappa shape index (κ1) is 13.1. The number of carbonyl (C=O) groups excluding carboxylic acids is 1. The van der Waals surface area contributed by atoms with Gasteiger partial charge >= 0.3 is 0 Å². The Bertz CT molecular complexity index is 380. The van der Waals surface area contributed by atoms with E-state index in [1.165, 1.54) is 31.2 Å². The molecule has 1 fully saturated rings. The topological polar surface area (TPSA) is 55.1 Å². The van der Waals surface area contributed by atoms with E-state index < -0.39 is 0 Å². The normalized spacial score (nSPS) is 15.8. The molecule has 3 heteroatoms. The zero-order valence-corrected chi connectivity index (χ0v) is 10.8. The Hall–Kier alpha value is -1.35. The van der Waals surface area contributed by atoms with Crippen LogP contribution >= 0.6 is 0 Å². The SMILES string of the molecule is NCCc1ccc(NC(=O)CC2CCCC2)cc1. The maximum Gasteiger partial charge on any atom is 0.224 e. The molecule has 1 saturated carbocycles. The summed E-state index contributed by atoms with van der Waals surface area (Å²) in [4.78, 5) is 11.8. The maximum absolute atomic E-state index is 11.8. The van der Waals surface area contributed by atoms with Gasteiger partial charge in [-0.2, -0.15) is 0 Å². The van der Waals surface area contributed by atoms with Crippen molar-refractivity contribution >= 4 is 11.6 Å². The summed E-state index contributed by atoms with van der Waals surface area (Å²) in [6.07, 6.45) is 6.55. The minimum absolute atomic E-state index is 0.147. The van der Waals surface area contributed by atoms with Crippen LogP contribution in [0.4, 0.5) is 5.69 Å². The summed E-state index contributed by atoms with van der Waals surface area (Å²) < 4.78 is 0. The quantitative estimate of drug-likeness (QED) is 0.839. The Balaban J connectivity index is 1.82. The number of anilines is 1. The summed E-state index contributed by atoms with van der Waals surface area (Å²) in [6, 6.07) is 7.96. The van der Waals surface area contributed by atoms with Crippen molar-refractivity contribution in [1.29, 1.82) is 0 Å². The fourth-order valence-electron chi connectivity index (χ4n) is 2.61. The van der Waals surface area contributed by atoms with E-state index in [0.717, 1.165) is 12.1 Å². The van der Waals surface area contributed by atoms with Crippen LogP contribution in [0.1, 0.15) is 37.7 Å². The lowest BCUT2D eigenvalue weighted by Crippen LogP contribution is -2.15. The molecular weight excluding hydrogens is 224 g/mol. The van der Waals surface area contributed by atoms with Gasteiger partial charge < -0.3 is 11.1 Å². The van der Waals surface area contributed by atoms with Crippen molar-refractivity contribution in [2.24, 2.45) is 11.7 Å². The van der Waals surface area contributed by atoms with Gasteiger partial charge in [0.2, 0.25) is 5.91 Å². The Labute approximate surface area is 109 Å². The molecule has 0 heterocycles. The van der Waals surface area contributed by atoms with Crippen LogP contribution in [0.5, 0.6) is 0 Å². The Morgan fingerprint density at radius 1 is 1.22 bits per heavy atom. The first-order valence-corrected chi connectivity index (χ1v) is 6.87. The summed E-state index contributed by atoms with van der Waals surface area (Å²) in [5.74, 6) is 0.745. The van der Waals surface area contributed by atoms with E-state index >= 15 is 0 Å². The number of benzene rings is 1. The lowest BCUT2D eigenvalue weighted by atomic mass is 10.0. The molecule has 0 saturated heterocycles. The molecule has 98 valence electrons. The molecule has 0 radical (unpaired) electrons. The van der Waals surface area contributed by atoms with Gasteiger partial charge in [0, 0.05) is 12.1 Å².